The summed E-state index contributed by atoms with van der Waals surface area (Å²) in [5, 5.41) is 7.32. The smallest absolute Gasteiger partial charge is 0.416 e. The molecule has 2 heterocycles. The minimum Gasteiger partial charge on any atom is -0.456 e. The fourth-order valence-electron chi connectivity index (χ4n) is 9.65. The van der Waals surface area contributed by atoms with Crippen LogP contribution in [0.2, 0.25) is 0 Å². The summed E-state index contributed by atoms with van der Waals surface area (Å²) in [5.74, 6) is 0. The number of hydrogen-bond donors (Lipinski definition) is 0. The Labute approximate surface area is 387 Å². The average molecular weight is 913 g/mol. The number of benzene rings is 9. The fraction of sp³-hybridized carbons (Fsp3) is 0.138. The molecule has 0 amide bonds. The first-order valence-corrected chi connectivity index (χ1v) is 22.2. The van der Waals surface area contributed by atoms with Crippen LogP contribution in [0.1, 0.15) is 44.5 Å². The van der Waals surface area contributed by atoms with Crippen LogP contribution < -0.4 is 9.80 Å². The van der Waals surface area contributed by atoms with E-state index in [0.717, 1.165) is 123 Å². The van der Waals surface area contributed by atoms with Crippen molar-refractivity contribution in [1.82, 2.24) is 0 Å². The predicted octanol–water partition coefficient (Wildman–Crippen LogP) is 18.6. The molecule has 68 heavy (non-hydrogen) atoms. The van der Waals surface area contributed by atoms with Gasteiger partial charge >= 0.3 is 12.4 Å². The molecule has 0 aliphatic rings. The third kappa shape index (κ3) is 7.17. The molecule has 0 fully saturated rings. The summed E-state index contributed by atoms with van der Waals surface area (Å²) in [6, 6.07) is 42.9. The molecule has 0 radical (unpaired) electrons. The number of alkyl halides is 6. The maximum absolute atomic E-state index is 13.6. The Morgan fingerprint density at radius 3 is 1.00 bits per heavy atom. The van der Waals surface area contributed by atoms with Crippen LogP contribution in [0.5, 0.6) is 0 Å². The normalized spacial score (nSPS) is 12.4. The van der Waals surface area contributed by atoms with Crippen LogP contribution in [0.15, 0.2) is 154 Å². The number of fused-ring (bicyclic) bond motifs is 9. The van der Waals surface area contributed by atoms with Crippen molar-refractivity contribution in [2.75, 3.05) is 9.80 Å². The highest BCUT2D eigenvalue weighted by atomic mass is 19.4. The van der Waals surface area contributed by atoms with Gasteiger partial charge in [0.15, 0.2) is 0 Å². The first kappa shape index (κ1) is 42.9. The molecule has 0 aliphatic heterocycles. The number of furan rings is 2. The predicted molar refractivity (Wildman–Crippen MR) is 264 cm³/mol. The van der Waals surface area contributed by atoms with Gasteiger partial charge in [-0.1, -0.05) is 12.1 Å². The molecular formula is C58H42F6N2O2. The van der Waals surface area contributed by atoms with E-state index in [2.05, 4.69) is 50.2 Å². The molecule has 9 aromatic carbocycles. The van der Waals surface area contributed by atoms with E-state index in [1.165, 1.54) is 24.3 Å². The van der Waals surface area contributed by atoms with Crippen molar-refractivity contribution < 1.29 is 35.2 Å². The second kappa shape index (κ2) is 15.4. The Balaban J connectivity index is 1.03. The zero-order valence-electron chi connectivity index (χ0n) is 37.8. The summed E-state index contributed by atoms with van der Waals surface area (Å²) >= 11 is 0. The SMILES string of the molecule is Cc1cc(N(c2ccc(C(F)(F)F)cc2)c2ccc3cc4c(cc3c2)oc2ccc3oc5cc6cc(N(c7ccc(C(F)(F)F)cc7)c7cc(C)c(C)c(C)c7)ccc6cc5c3c24)cc(C)c1C. The third-order valence-corrected chi connectivity index (χ3v) is 13.7. The number of nitrogens with zero attached hydrogens (tertiary/aromatic N) is 2. The van der Waals surface area contributed by atoms with Gasteiger partial charge in [-0.2, -0.15) is 26.3 Å². The minimum atomic E-state index is -4.46. The van der Waals surface area contributed by atoms with E-state index < -0.39 is 23.5 Å². The van der Waals surface area contributed by atoms with Gasteiger partial charge in [0.2, 0.25) is 0 Å². The van der Waals surface area contributed by atoms with Gasteiger partial charge in [0.05, 0.1) is 11.1 Å². The largest absolute Gasteiger partial charge is 0.456 e. The monoisotopic (exact) mass is 912 g/mol. The highest BCUT2D eigenvalue weighted by molar-refractivity contribution is 6.28. The summed E-state index contributed by atoms with van der Waals surface area (Å²) in [6.07, 6.45) is -8.92. The standard InChI is InChI=1S/C58H42F6N2O2/c1-31-21-47(22-32(2)35(31)5)65(43-15-9-41(10-16-43)57(59,60)61)45-13-7-37-27-49-53(29-39(37)25-45)67-51-19-20-52-56(55(49)51)50-28-38-8-14-46(26-40(38)30-54(50)68-52)66(48-23-33(3)36(6)34(4)24-48)44-17-11-42(12-18-44)58(62,63)64/h7-30H,1-6H3. The van der Waals surface area contributed by atoms with Gasteiger partial charge in [-0.3, -0.25) is 0 Å². The lowest BCUT2D eigenvalue weighted by Gasteiger charge is -2.27. The first-order chi connectivity index (χ1) is 32.4. The molecule has 11 aromatic rings. The number of hydrogen-bond acceptors (Lipinski definition) is 4. The lowest BCUT2D eigenvalue weighted by atomic mass is 9.99. The Morgan fingerprint density at radius 1 is 0.324 bits per heavy atom. The fourth-order valence-corrected chi connectivity index (χ4v) is 9.65. The average Bonchev–Trinajstić information content (AvgIpc) is 3.85. The molecule has 0 saturated carbocycles. The molecule has 0 atom stereocenters. The summed E-state index contributed by atoms with van der Waals surface area (Å²) in [5.41, 5.74) is 12.3. The molecule has 2 aromatic heterocycles. The second-order valence-electron chi connectivity index (χ2n) is 17.9. The lowest BCUT2D eigenvalue weighted by molar-refractivity contribution is -0.138. The highest BCUT2D eigenvalue weighted by Crippen LogP contribution is 2.46. The molecule has 0 N–H and O–H groups in total. The molecule has 0 saturated heterocycles. The van der Waals surface area contributed by atoms with Crippen LogP contribution in [0, 0.1) is 41.5 Å². The van der Waals surface area contributed by atoms with E-state index in [9.17, 15) is 26.3 Å². The van der Waals surface area contributed by atoms with Gasteiger partial charge in [0, 0.05) is 55.7 Å². The summed E-state index contributed by atoms with van der Waals surface area (Å²) in [4.78, 5) is 3.96. The van der Waals surface area contributed by atoms with Gasteiger partial charge in [0.1, 0.15) is 22.3 Å². The van der Waals surface area contributed by atoms with Crippen molar-refractivity contribution in [3.63, 3.8) is 0 Å². The van der Waals surface area contributed by atoms with E-state index in [4.69, 9.17) is 8.83 Å². The van der Waals surface area contributed by atoms with Crippen LogP contribution in [0.4, 0.5) is 60.5 Å². The van der Waals surface area contributed by atoms with Crippen molar-refractivity contribution in [2.45, 2.75) is 53.9 Å². The molecule has 0 unspecified atom stereocenters. The van der Waals surface area contributed by atoms with E-state index >= 15 is 0 Å². The Bertz CT molecular complexity index is 3540. The van der Waals surface area contributed by atoms with Crippen molar-refractivity contribution in [2.24, 2.45) is 0 Å². The van der Waals surface area contributed by atoms with E-state index in [1.807, 2.05) is 98.2 Å². The van der Waals surface area contributed by atoms with Gasteiger partial charge in [0.25, 0.3) is 0 Å². The summed E-state index contributed by atoms with van der Waals surface area (Å²) < 4.78 is 95.0. The maximum Gasteiger partial charge on any atom is 0.416 e. The second-order valence-corrected chi connectivity index (χ2v) is 17.9. The summed E-state index contributed by atoms with van der Waals surface area (Å²) in [7, 11) is 0. The van der Waals surface area contributed by atoms with Gasteiger partial charge < -0.3 is 18.6 Å². The quantitative estimate of drug-likeness (QED) is 0.156. The van der Waals surface area contributed by atoms with Crippen LogP contribution in [-0.4, -0.2) is 0 Å². The van der Waals surface area contributed by atoms with Gasteiger partial charge in [-0.05, 0) is 230 Å². The van der Waals surface area contributed by atoms with E-state index in [1.54, 1.807) is 0 Å². The molecular weight excluding hydrogens is 871 g/mol. The van der Waals surface area contributed by atoms with Crippen molar-refractivity contribution >= 4 is 99.5 Å². The molecule has 10 heteroatoms. The Morgan fingerprint density at radius 2 is 0.662 bits per heavy atom. The highest BCUT2D eigenvalue weighted by Gasteiger charge is 2.32. The zero-order valence-corrected chi connectivity index (χ0v) is 37.8. The van der Waals surface area contributed by atoms with Crippen molar-refractivity contribution in [3.8, 4) is 0 Å². The number of halogens is 6. The molecule has 0 aliphatic carbocycles. The van der Waals surface area contributed by atoms with Crippen LogP contribution in [0.25, 0.3) is 65.4 Å². The lowest BCUT2D eigenvalue weighted by Crippen LogP contribution is -2.12. The minimum absolute atomic E-state index is 0.593. The molecule has 11 rings (SSSR count). The van der Waals surface area contributed by atoms with E-state index in [-0.39, 0.29) is 0 Å². The van der Waals surface area contributed by atoms with Crippen LogP contribution in [-0.2, 0) is 12.4 Å². The van der Waals surface area contributed by atoms with Crippen LogP contribution in [0.3, 0.4) is 0 Å². The summed E-state index contributed by atoms with van der Waals surface area (Å²) in [6.45, 7) is 12.2. The van der Waals surface area contributed by atoms with E-state index in [0.29, 0.717) is 33.7 Å². The van der Waals surface area contributed by atoms with Crippen molar-refractivity contribution in [3.05, 3.63) is 190 Å². The molecule has 0 spiro atoms. The van der Waals surface area contributed by atoms with Gasteiger partial charge in [-0.25, -0.2) is 0 Å². The third-order valence-electron chi connectivity index (χ3n) is 13.7. The maximum atomic E-state index is 13.6. The topological polar surface area (TPSA) is 32.8 Å². The molecule has 4 nitrogen and oxygen atoms in total. The molecule has 0 bridgehead atoms. The number of aryl methyl sites for hydroxylation is 4. The Kier molecular flexibility index (Phi) is 9.72. The van der Waals surface area contributed by atoms with Gasteiger partial charge in [-0.15, -0.1) is 0 Å². The first-order valence-electron chi connectivity index (χ1n) is 22.2. The Hall–Kier alpha value is -7.72. The number of anilines is 6. The molecule has 338 valence electrons. The van der Waals surface area contributed by atoms with Crippen LogP contribution >= 0.6 is 0 Å². The zero-order chi connectivity index (χ0) is 47.6. The number of rotatable bonds is 6. The van der Waals surface area contributed by atoms with Crippen molar-refractivity contribution in [1.29, 1.82) is 0 Å².